The predicted octanol–water partition coefficient (Wildman–Crippen LogP) is 4.51. The Morgan fingerprint density at radius 3 is 2.48 bits per heavy atom. The van der Waals surface area contributed by atoms with Crippen LogP contribution in [0.15, 0.2) is 53.6 Å². The van der Waals surface area contributed by atoms with E-state index in [1.165, 1.54) is 12.1 Å². The van der Waals surface area contributed by atoms with E-state index in [4.69, 9.17) is 11.6 Å². The highest BCUT2D eigenvalue weighted by Gasteiger charge is 2.30. The van der Waals surface area contributed by atoms with Gasteiger partial charge in [-0.25, -0.2) is 10.2 Å². The zero-order valence-corrected chi connectivity index (χ0v) is 12.3. The molecule has 0 unspecified atom stereocenters. The number of hydrogen-bond donors (Lipinski definition) is 2. The summed E-state index contributed by atoms with van der Waals surface area (Å²) in [6.07, 6.45) is -3.31. The minimum atomic E-state index is -4.43. The second-order valence-electron chi connectivity index (χ2n) is 4.45. The van der Waals surface area contributed by atoms with Gasteiger partial charge in [-0.2, -0.15) is 18.3 Å². The van der Waals surface area contributed by atoms with Gasteiger partial charge in [-0.15, -0.1) is 0 Å². The Morgan fingerprint density at radius 2 is 1.83 bits per heavy atom. The molecule has 120 valence electrons. The highest BCUT2D eigenvalue weighted by molar-refractivity contribution is 6.30. The van der Waals surface area contributed by atoms with Crippen molar-refractivity contribution in [3.05, 3.63) is 64.7 Å². The molecule has 2 aromatic rings. The van der Waals surface area contributed by atoms with Crippen molar-refractivity contribution in [1.29, 1.82) is 0 Å². The molecule has 2 amide bonds. The number of alkyl halides is 3. The summed E-state index contributed by atoms with van der Waals surface area (Å²) in [6.45, 7) is 0. The largest absolute Gasteiger partial charge is 0.416 e. The SMILES string of the molecule is O=C(N/N=C\c1cccc(C(F)(F)F)c1)Nc1ccc(Cl)cc1. The first-order chi connectivity index (χ1) is 10.8. The van der Waals surface area contributed by atoms with Gasteiger partial charge in [0.05, 0.1) is 11.8 Å². The molecule has 0 heterocycles. The van der Waals surface area contributed by atoms with E-state index in [2.05, 4.69) is 15.8 Å². The van der Waals surface area contributed by atoms with E-state index < -0.39 is 17.8 Å². The lowest BCUT2D eigenvalue weighted by Crippen LogP contribution is -2.24. The number of urea groups is 1. The number of rotatable bonds is 3. The summed E-state index contributed by atoms with van der Waals surface area (Å²) < 4.78 is 37.7. The minimum absolute atomic E-state index is 0.214. The van der Waals surface area contributed by atoms with Crippen LogP contribution in [0.5, 0.6) is 0 Å². The molecule has 23 heavy (non-hydrogen) atoms. The molecule has 2 aromatic carbocycles. The lowest BCUT2D eigenvalue weighted by molar-refractivity contribution is -0.137. The van der Waals surface area contributed by atoms with Crippen LogP contribution in [0, 0.1) is 0 Å². The quantitative estimate of drug-likeness (QED) is 0.626. The van der Waals surface area contributed by atoms with Crippen molar-refractivity contribution in [2.24, 2.45) is 5.10 Å². The maximum absolute atomic E-state index is 12.6. The van der Waals surface area contributed by atoms with E-state index in [0.717, 1.165) is 18.3 Å². The molecule has 0 aromatic heterocycles. The van der Waals surface area contributed by atoms with E-state index >= 15 is 0 Å². The number of amides is 2. The third-order valence-corrected chi connectivity index (χ3v) is 2.95. The number of hydrogen-bond acceptors (Lipinski definition) is 2. The second kappa shape index (κ2) is 7.15. The van der Waals surface area contributed by atoms with E-state index in [9.17, 15) is 18.0 Å². The van der Waals surface area contributed by atoms with Crippen LogP contribution in [0.25, 0.3) is 0 Å². The summed E-state index contributed by atoms with van der Waals surface area (Å²) in [5.41, 5.74) is 2.09. The molecule has 8 heteroatoms. The normalized spacial score (nSPS) is 11.5. The Morgan fingerprint density at radius 1 is 1.13 bits per heavy atom. The van der Waals surface area contributed by atoms with Gasteiger partial charge < -0.3 is 5.32 Å². The highest BCUT2D eigenvalue weighted by atomic mass is 35.5. The Bertz CT molecular complexity index is 715. The number of nitrogens with one attached hydrogen (secondary N) is 2. The average molecular weight is 342 g/mol. The molecule has 0 atom stereocenters. The molecule has 0 aliphatic rings. The molecule has 0 spiro atoms. The monoisotopic (exact) mass is 341 g/mol. The molecule has 4 nitrogen and oxygen atoms in total. The van der Waals surface area contributed by atoms with Gasteiger partial charge in [-0.3, -0.25) is 0 Å². The summed E-state index contributed by atoms with van der Waals surface area (Å²) in [7, 11) is 0. The van der Waals surface area contributed by atoms with Crippen LogP contribution in [-0.2, 0) is 6.18 Å². The summed E-state index contributed by atoms with van der Waals surface area (Å²) in [5.74, 6) is 0. The Balaban J connectivity index is 1.93. The van der Waals surface area contributed by atoms with Gasteiger partial charge in [0.25, 0.3) is 0 Å². The van der Waals surface area contributed by atoms with Crippen LogP contribution >= 0.6 is 11.6 Å². The number of nitrogens with zero attached hydrogens (tertiary/aromatic N) is 1. The lowest BCUT2D eigenvalue weighted by atomic mass is 10.1. The highest BCUT2D eigenvalue weighted by Crippen LogP contribution is 2.29. The topological polar surface area (TPSA) is 53.5 Å². The van der Waals surface area contributed by atoms with Gasteiger partial charge in [0, 0.05) is 10.7 Å². The van der Waals surface area contributed by atoms with Crippen LogP contribution in [-0.4, -0.2) is 12.2 Å². The number of carbonyl (C=O) groups is 1. The smallest absolute Gasteiger partial charge is 0.307 e. The van der Waals surface area contributed by atoms with E-state index in [1.54, 1.807) is 24.3 Å². The molecule has 0 fully saturated rings. The van der Waals surface area contributed by atoms with E-state index in [1.807, 2.05) is 0 Å². The van der Waals surface area contributed by atoms with Gasteiger partial charge in [0.2, 0.25) is 0 Å². The number of benzene rings is 2. The van der Waals surface area contributed by atoms with Crippen molar-refractivity contribution in [2.45, 2.75) is 6.18 Å². The molecule has 0 radical (unpaired) electrons. The Hall–Kier alpha value is -2.54. The molecule has 2 N–H and O–H groups in total. The summed E-state index contributed by atoms with van der Waals surface area (Å²) in [4.78, 5) is 11.6. The van der Waals surface area contributed by atoms with E-state index in [0.29, 0.717) is 10.7 Å². The summed E-state index contributed by atoms with van der Waals surface area (Å²) in [6, 6.07) is 10.4. The van der Waals surface area contributed by atoms with Crippen molar-refractivity contribution in [1.82, 2.24) is 5.43 Å². The van der Waals surface area contributed by atoms with Crippen molar-refractivity contribution >= 4 is 29.5 Å². The molecule has 0 bridgehead atoms. The molecular formula is C15H11ClF3N3O. The number of halogens is 4. The van der Waals surface area contributed by atoms with Crippen LogP contribution in [0.4, 0.5) is 23.7 Å². The molecule has 0 aliphatic heterocycles. The maximum Gasteiger partial charge on any atom is 0.416 e. The fourth-order valence-corrected chi connectivity index (χ4v) is 1.78. The van der Waals surface area contributed by atoms with Crippen molar-refractivity contribution < 1.29 is 18.0 Å². The summed E-state index contributed by atoms with van der Waals surface area (Å²) in [5, 5.41) is 6.61. The first-order valence-corrected chi connectivity index (χ1v) is 6.75. The molecule has 0 saturated carbocycles. The molecular weight excluding hydrogens is 331 g/mol. The predicted molar refractivity (Wildman–Crippen MR) is 82.6 cm³/mol. The lowest BCUT2D eigenvalue weighted by Gasteiger charge is -2.06. The number of carbonyl (C=O) groups excluding carboxylic acids is 1. The Labute approximate surface area is 135 Å². The van der Waals surface area contributed by atoms with Gasteiger partial charge in [-0.1, -0.05) is 23.7 Å². The van der Waals surface area contributed by atoms with Crippen LogP contribution < -0.4 is 10.7 Å². The zero-order chi connectivity index (χ0) is 16.9. The van der Waals surface area contributed by atoms with Crippen LogP contribution in [0.3, 0.4) is 0 Å². The minimum Gasteiger partial charge on any atom is -0.307 e. The van der Waals surface area contributed by atoms with Crippen molar-refractivity contribution in [2.75, 3.05) is 5.32 Å². The van der Waals surface area contributed by atoms with Crippen molar-refractivity contribution in [3.8, 4) is 0 Å². The van der Waals surface area contributed by atoms with Gasteiger partial charge >= 0.3 is 12.2 Å². The molecule has 0 aliphatic carbocycles. The first kappa shape index (κ1) is 16.8. The standard InChI is InChI=1S/C15H11ClF3N3O/c16-12-4-6-13(7-5-12)21-14(23)22-20-9-10-2-1-3-11(8-10)15(17,18)19/h1-9H,(H2,21,22,23)/b20-9-. The van der Waals surface area contributed by atoms with Crippen molar-refractivity contribution in [3.63, 3.8) is 0 Å². The fourth-order valence-electron chi connectivity index (χ4n) is 1.65. The maximum atomic E-state index is 12.6. The fraction of sp³-hybridized carbons (Fsp3) is 0.0667. The number of anilines is 1. The first-order valence-electron chi connectivity index (χ1n) is 6.37. The number of hydrazone groups is 1. The molecule has 2 rings (SSSR count). The van der Waals surface area contributed by atoms with Crippen LogP contribution in [0.2, 0.25) is 5.02 Å². The summed E-state index contributed by atoms with van der Waals surface area (Å²) >= 11 is 5.71. The van der Waals surface area contributed by atoms with Crippen LogP contribution in [0.1, 0.15) is 11.1 Å². The van der Waals surface area contributed by atoms with Gasteiger partial charge in [0.15, 0.2) is 0 Å². The second-order valence-corrected chi connectivity index (χ2v) is 4.89. The van der Waals surface area contributed by atoms with Gasteiger partial charge in [-0.05, 0) is 42.0 Å². The average Bonchev–Trinajstić information content (AvgIpc) is 2.49. The molecule has 0 saturated heterocycles. The Kier molecular flexibility index (Phi) is 5.23. The zero-order valence-electron chi connectivity index (χ0n) is 11.6. The third kappa shape index (κ3) is 5.30. The third-order valence-electron chi connectivity index (χ3n) is 2.70. The van der Waals surface area contributed by atoms with E-state index in [-0.39, 0.29) is 5.56 Å². The van der Waals surface area contributed by atoms with Gasteiger partial charge in [0.1, 0.15) is 0 Å².